The molecule has 3 aromatic carbocycles. The second-order valence-corrected chi connectivity index (χ2v) is 4.99. The number of rotatable bonds is 3. The number of hydrogen-bond acceptors (Lipinski definition) is 2. The summed E-state index contributed by atoms with van der Waals surface area (Å²) in [5, 5.41) is 9.83. The first-order valence-electron chi connectivity index (χ1n) is 6.76. The summed E-state index contributed by atoms with van der Waals surface area (Å²) in [5.41, 5.74) is 7.30. The van der Waals surface area contributed by atoms with Crippen LogP contribution in [0.2, 0.25) is 0 Å². The van der Waals surface area contributed by atoms with E-state index in [0.29, 0.717) is 11.3 Å². The molecule has 104 valence electrons. The van der Waals surface area contributed by atoms with Crippen molar-refractivity contribution in [3.63, 3.8) is 0 Å². The second-order valence-electron chi connectivity index (χ2n) is 4.99. The number of benzene rings is 3. The smallest absolute Gasteiger partial charge is 0.138 e. The molecular formula is C18H16N2O. The molecule has 0 aliphatic carbocycles. The maximum atomic E-state index is 7.67. The molecule has 3 nitrogen and oxygen atoms in total. The lowest BCUT2D eigenvalue weighted by atomic mass is 10.1. The van der Waals surface area contributed by atoms with Crippen LogP contribution in [0.25, 0.3) is 10.8 Å². The standard InChI is InChI=1S/C18H16N2O/c1-12-9-10-15(18(19)20)17(11-12)21-16-8-4-6-13-5-2-3-7-14(13)16/h2-11H,1H3,(H3,19,20). The van der Waals surface area contributed by atoms with Gasteiger partial charge in [0.05, 0.1) is 5.56 Å². The van der Waals surface area contributed by atoms with Crippen molar-refractivity contribution in [1.82, 2.24) is 0 Å². The minimum absolute atomic E-state index is 0.00485. The van der Waals surface area contributed by atoms with Gasteiger partial charge in [0.2, 0.25) is 0 Å². The van der Waals surface area contributed by atoms with Gasteiger partial charge in [0.25, 0.3) is 0 Å². The third-order valence-electron chi connectivity index (χ3n) is 3.40. The van der Waals surface area contributed by atoms with Crippen molar-refractivity contribution in [3.05, 3.63) is 71.8 Å². The molecule has 0 saturated heterocycles. The van der Waals surface area contributed by atoms with E-state index >= 15 is 0 Å². The Morgan fingerprint density at radius 1 is 0.952 bits per heavy atom. The third kappa shape index (κ3) is 2.58. The van der Waals surface area contributed by atoms with Crippen LogP contribution in [-0.4, -0.2) is 5.84 Å². The summed E-state index contributed by atoms with van der Waals surface area (Å²) in [5.74, 6) is 1.38. The van der Waals surface area contributed by atoms with Crippen molar-refractivity contribution >= 4 is 16.6 Å². The highest BCUT2D eigenvalue weighted by Gasteiger charge is 2.10. The number of ether oxygens (including phenoxy) is 1. The van der Waals surface area contributed by atoms with E-state index in [4.69, 9.17) is 15.9 Å². The van der Waals surface area contributed by atoms with E-state index in [1.807, 2.05) is 67.6 Å². The molecule has 3 heteroatoms. The minimum Gasteiger partial charge on any atom is -0.456 e. The Kier molecular flexibility index (Phi) is 3.32. The van der Waals surface area contributed by atoms with Gasteiger partial charge in [0.1, 0.15) is 17.3 Å². The van der Waals surface area contributed by atoms with E-state index in [-0.39, 0.29) is 5.84 Å². The lowest BCUT2D eigenvalue weighted by Gasteiger charge is -2.13. The van der Waals surface area contributed by atoms with Crippen molar-refractivity contribution in [1.29, 1.82) is 5.41 Å². The number of nitrogens with one attached hydrogen (secondary N) is 1. The van der Waals surface area contributed by atoms with E-state index in [2.05, 4.69) is 0 Å². The predicted molar refractivity (Wildman–Crippen MR) is 86.2 cm³/mol. The average molecular weight is 276 g/mol. The van der Waals surface area contributed by atoms with E-state index < -0.39 is 0 Å². The van der Waals surface area contributed by atoms with Gasteiger partial charge >= 0.3 is 0 Å². The van der Waals surface area contributed by atoms with Crippen LogP contribution in [-0.2, 0) is 0 Å². The molecule has 0 aromatic heterocycles. The van der Waals surface area contributed by atoms with Crippen molar-refractivity contribution < 1.29 is 4.74 Å². The molecule has 0 fully saturated rings. The summed E-state index contributed by atoms with van der Waals surface area (Å²) in [7, 11) is 0. The van der Waals surface area contributed by atoms with Gasteiger partial charge < -0.3 is 10.5 Å². The Labute approximate surface area is 123 Å². The summed E-state index contributed by atoms with van der Waals surface area (Å²) in [6, 6.07) is 19.6. The van der Waals surface area contributed by atoms with Crippen LogP contribution in [0.4, 0.5) is 0 Å². The van der Waals surface area contributed by atoms with Gasteiger partial charge in [0.15, 0.2) is 0 Å². The zero-order chi connectivity index (χ0) is 14.8. The molecule has 0 aliphatic rings. The Hall–Kier alpha value is -2.81. The van der Waals surface area contributed by atoms with Gasteiger partial charge in [-0.1, -0.05) is 42.5 Å². The van der Waals surface area contributed by atoms with Crippen LogP contribution in [0.1, 0.15) is 11.1 Å². The molecule has 0 unspecified atom stereocenters. The van der Waals surface area contributed by atoms with Crippen molar-refractivity contribution in [2.45, 2.75) is 6.92 Å². The monoisotopic (exact) mass is 276 g/mol. The number of nitrogen functional groups attached to an aromatic ring is 1. The van der Waals surface area contributed by atoms with E-state index in [9.17, 15) is 0 Å². The van der Waals surface area contributed by atoms with Crippen LogP contribution in [0.5, 0.6) is 11.5 Å². The molecule has 3 rings (SSSR count). The molecule has 0 saturated carbocycles. The first-order chi connectivity index (χ1) is 10.1. The molecule has 3 N–H and O–H groups in total. The molecule has 0 heterocycles. The van der Waals surface area contributed by atoms with E-state index in [0.717, 1.165) is 22.1 Å². The maximum Gasteiger partial charge on any atom is 0.138 e. The predicted octanol–water partition coefficient (Wildman–Crippen LogP) is 4.22. The highest BCUT2D eigenvalue weighted by Crippen LogP contribution is 2.32. The van der Waals surface area contributed by atoms with Gasteiger partial charge in [-0.25, -0.2) is 0 Å². The Morgan fingerprint density at radius 2 is 1.71 bits per heavy atom. The topological polar surface area (TPSA) is 59.1 Å². The van der Waals surface area contributed by atoms with Crippen LogP contribution < -0.4 is 10.5 Å². The fourth-order valence-electron chi connectivity index (χ4n) is 2.34. The highest BCUT2D eigenvalue weighted by molar-refractivity contribution is 5.98. The van der Waals surface area contributed by atoms with Crippen molar-refractivity contribution in [3.8, 4) is 11.5 Å². The number of amidine groups is 1. The number of hydrogen-bond donors (Lipinski definition) is 2. The normalized spacial score (nSPS) is 10.5. The molecule has 0 spiro atoms. The first-order valence-corrected chi connectivity index (χ1v) is 6.76. The highest BCUT2D eigenvalue weighted by atomic mass is 16.5. The van der Waals surface area contributed by atoms with Crippen molar-refractivity contribution in [2.24, 2.45) is 5.73 Å². The largest absolute Gasteiger partial charge is 0.456 e. The molecular weight excluding hydrogens is 260 g/mol. The zero-order valence-corrected chi connectivity index (χ0v) is 11.8. The third-order valence-corrected chi connectivity index (χ3v) is 3.40. The summed E-state index contributed by atoms with van der Waals surface area (Å²) < 4.78 is 6.04. The van der Waals surface area contributed by atoms with Crippen LogP contribution in [0.15, 0.2) is 60.7 Å². The average Bonchev–Trinajstić information content (AvgIpc) is 2.47. The number of aryl methyl sites for hydroxylation is 1. The fourth-order valence-corrected chi connectivity index (χ4v) is 2.34. The summed E-state index contributed by atoms with van der Waals surface area (Å²) in [6.45, 7) is 1.99. The van der Waals surface area contributed by atoms with E-state index in [1.54, 1.807) is 0 Å². The molecule has 0 bridgehead atoms. The lowest BCUT2D eigenvalue weighted by Crippen LogP contribution is -2.12. The van der Waals surface area contributed by atoms with Crippen molar-refractivity contribution in [2.75, 3.05) is 0 Å². The van der Waals surface area contributed by atoms with Gasteiger partial charge in [-0.2, -0.15) is 0 Å². The summed E-state index contributed by atoms with van der Waals surface area (Å²) >= 11 is 0. The van der Waals surface area contributed by atoms with Gasteiger partial charge in [0, 0.05) is 5.39 Å². The summed E-state index contributed by atoms with van der Waals surface area (Å²) in [6.07, 6.45) is 0. The molecule has 0 atom stereocenters. The Morgan fingerprint density at radius 3 is 2.52 bits per heavy atom. The van der Waals surface area contributed by atoms with E-state index in [1.165, 1.54) is 0 Å². The van der Waals surface area contributed by atoms with Gasteiger partial charge in [-0.3, -0.25) is 5.41 Å². The minimum atomic E-state index is 0.00485. The molecule has 0 radical (unpaired) electrons. The number of nitrogens with two attached hydrogens (primary N) is 1. The quantitative estimate of drug-likeness (QED) is 0.555. The first kappa shape index (κ1) is 13.2. The SMILES string of the molecule is Cc1ccc(C(=N)N)c(Oc2cccc3ccccc23)c1. The summed E-state index contributed by atoms with van der Waals surface area (Å²) in [4.78, 5) is 0. The maximum absolute atomic E-state index is 7.67. The lowest BCUT2D eigenvalue weighted by molar-refractivity contribution is 0.487. The molecule has 21 heavy (non-hydrogen) atoms. The fraction of sp³-hybridized carbons (Fsp3) is 0.0556. The molecule has 0 aliphatic heterocycles. The Balaban J connectivity index is 2.11. The van der Waals surface area contributed by atoms with Crippen LogP contribution >= 0.6 is 0 Å². The van der Waals surface area contributed by atoms with Gasteiger partial charge in [-0.05, 0) is 36.1 Å². The Bertz CT molecular complexity index is 819. The molecule has 0 amide bonds. The van der Waals surface area contributed by atoms with Gasteiger partial charge in [-0.15, -0.1) is 0 Å². The van der Waals surface area contributed by atoms with Crippen LogP contribution in [0, 0.1) is 12.3 Å². The second kappa shape index (κ2) is 5.29. The van der Waals surface area contributed by atoms with Crippen LogP contribution in [0.3, 0.4) is 0 Å². The zero-order valence-electron chi connectivity index (χ0n) is 11.8. The number of fused-ring (bicyclic) bond motifs is 1. The molecule has 3 aromatic rings.